The molecule has 1 unspecified atom stereocenters. The number of nitrogens with zero attached hydrogens (tertiary/aromatic N) is 1. The fraction of sp³-hybridized carbons (Fsp3) is 0.455. The topological polar surface area (TPSA) is 43.1 Å². The van der Waals surface area contributed by atoms with Crippen molar-refractivity contribution in [3.63, 3.8) is 0 Å². The van der Waals surface area contributed by atoms with E-state index in [0.29, 0.717) is 22.9 Å². The quantitative estimate of drug-likeness (QED) is 0.475. The fourth-order valence-corrected chi connectivity index (χ4v) is 1.88. The first-order valence-corrected chi connectivity index (χ1v) is 6.28. The van der Waals surface area contributed by atoms with E-state index in [-0.39, 0.29) is 15.4 Å². The highest BCUT2D eigenvalue weighted by atomic mass is 79.9. The maximum Gasteiger partial charge on any atom is 0.272 e. The molecule has 0 spiro atoms. The lowest BCUT2D eigenvalue weighted by Crippen LogP contribution is -2.11. The molecule has 0 bridgehead atoms. The Labute approximate surface area is 108 Å². The van der Waals surface area contributed by atoms with Gasteiger partial charge in [0.25, 0.3) is 5.69 Å². The summed E-state index contributed by atoms with van der Waals surface area (Å²) in [5.74, 6) is 0.415. The van der Waals surface area contributed by atoms with Crippen LogP contribution in [-0.4, -0.2) is 9.75 Å². The van der Waals surface area contributed by atoms with E-state index in [2.05, 4.69) is 29.8 Å². The van der Waals surface area contributed by atoms with Gasteiger partial charge in [-0.15, -0.1) is 0 Å². The van der Waals surface area contributed by atoms with Crippen molar-refractivity contribution in [2.24, 2.45) is 5.92 Å². The van der Waals surface area contributed by atoms with Crippen molar-refractivity contribution < 1.29 is 4.92 Å². The molecule has 0 amide bonds. The highest BCUT2D eigenvalue weighted by molar-refractivity contribution is 9.09. The third-order valence-electron chi connectivity index (χ3n) is 2.38. The van der Waals surface area contributed by atoms with Crippen LogP contribution in [0.2, 0.25) is 5.02 Å². The van der Waals surface area contributed by atoms with Crippen LogP contribution in [0.4, 0.5) is 5.69 Å². The second kappa shape index (κ2) is 5.64. The van der Waals surface area contributed by atoms with Crippen molar-refractivity contribution in [2.45, 2.75) is 25.1 Å². The van der Waals surface area contributed by atoms with Gasteiger partial charge in [-0.2, -0.15) is 0 Å². The molecular weight excluding hydrogens is 293 g/mol. The number of hydrogen-bond donors (Lipinski definition) is 0. The van der Waals surface area contributed by atoms with Crippen LogP contribution < -0.4 is 0 Å². The van der Waals surface area contributed by atoms with Gasteiger partial charge in [-0.25, -0.2) is 0 Å². The minimum absolute atomic E-state index is 0.134. The monoisotopic (exact) mass is 305 g/mol. The van der Waals surface area contributed by atoms with Crippen LogP contribution in [0.5, 0.6) is 0 Å². The molecule has 1 atom stereocenters. The molecule has 5 heteroatoms. The molecule has 1 aromatic rings. The van der Waals surface area contributed by atoms with Crippen molar-refractivity contribution in [1.82, 2.24) is 0 Å². The molecular formula is C11H13BrClNO2. The highest BCUT2D eigenvalue weighted by Crippen LogP contribution is 2.27. The molecule has 0 heterocycles. The van der Waals surface area contributed by atoms with E-state index in [1.165, 1.54) is 6.07 Å². The zero-order valence-corrected chi connectivity index (χ0v) is 11.5. The van der Waals surface area contributed by atoms with Crippen LogP contribution in [-0.2, 0) is 6.42 Å². The maximum atomic E-state index is 10.8. The molecule has 0 saturated carbocycles. The molecule has 1 aromatic carbocycles. The summed E-state index contributed by atoms with van der Waals surface area (Å²) in [5.41, 5.74) is 0.808. The van der Waals surface area contributed by atoms with Crippen LogP contribution in [0.25, 0.3) is 0 Å². The molecule has 0 aliphatic carbocycles. The second-order valence-corrected chi connectivity index (χ2v) is 5.61. The Morgan fingerprint density at radius 1 is 1.50 bits per heavy atom. The average Bonchev–Trinajstić information content (AvgIpc) is 2.16. The van der Waals surface area contributed by atoms with Crippen LogP contribution in [0.3, 0.4) is 0 Å². The first-order valence-electron chi connectivity index (χ1n) is 4.98. The van der Waals surface area contributed by atoms with Crippen LogP contribution in [0, 0.1) is 16.0 Å². The third-order valence-corrected chi connectivity index (χ3v) is 3.99. The van der Waals surface area contributed by atoms with Gasteiger partial charge in [0, 0.05) is 21.5 Å². The van der Waals surface area contributed by atoms with Crippen molar-refractivity contribution >= 4 is 33.2 Å². The molecule has 3 nitrogen and oxygen atoms in total. The van der Waals surface area contributed by atoms with Crippen molar-refractivity contribution in [1.29, 1.82) is 0 Å². The minimum atomic E-state index is -0.369. The van der Waals surface area contributed by atoms with Gasteiger partial charge < -0.3 is 0 Å². The number of alkyl halides is 1. The summed E-state index contributed by atoms with van der Waals surface area (Å²) < 4.78 is 0. The van der Waals surface area contributed by atoms with E-state index in [1.807, 2.05) is 0 Å². The minimum Gasteiger partial charge on any atom is -0.258 e. The number of nitro groups is 1. The zero-order valence-electron chi connectivity index (χ0n) is 9.11. The van der Waals surface area contributed by atoms with Crippen LogP contribution in [0.15, 0.2) is 18.2 Å². The third kappa shape index (κ3) is 3.46. The molecule has 0 N–H and O–H groups in total. The lowest BCUT2D eigenvalue weighted by atomic mass is 10.0. The lowest BCUT2D eigenvalue weighted by Gasteiger charge is -2.13. The van der Waals surface area contributed by atoms with E-state index in [1.54, 1.807) is 12.1 Å². The fourth-order valence-electron chi connectivity index (χ4n) is 1.34. The van der Waals surface area contributed by atoms with E-state index >= 15 is 0 Å². The summed E-state index contributed by atoms with van der Waals surface area (Å²) in [6.07, 6.45) is 0.606. The summed E-state index contributed by atoms with van der Waals surface area (Å²) in [5, 5.41) is 11.4. The van der Waals surface area contributed by atoms with E-state index in [4.69, 9.17) is 11.6 Å². The van der Waals surface area contributed by atoms with E-state index in [0.717, 1.165) is 0 Å². The number of hydrogen-bond acceptors (Lipinski definition) is 2. The Morgan fingerprint density at radius 3 is 2.62 bits per heavy atom. The number of benzene rings is 1. The van der Waals surface area contributed by atoms with Gasteiger partial charge in [-0.05, 0) is 24.5 Å². The summed E-state index contributed by atoms with van der Waals surface area (Å²) in [4.78, 5) is 10.7. The van der Waals surface area contributed by atoms with Crippen LogP contribution >= 0.6 is 27.5 Å². The first kappa shape index (κ1) is 13.5. The van der Waals surface area contributed by atoms with Crippen molar-refractivity contribution in [2.75, 3.05) is 0 Å². The number of rotatable bonds is 4. The predicted molar refractivity (Wildman–Crippen MR) is 69.4 cm³/mol. The smallest absolute Gasteiger partial charge is 0.258 e. The summed E-state index contributed by atoms with van der Waals surface area (Å²) in [6.45, 7) is 4.13. The van der Waals surface area contributed by atoms with Crippen molar-refractivity contribution in [3.8, 4) is 0 Å². The van der Waals surface area contributed by atoms with Crippen LogP contribution in [0.1, 0.15) is 19.4 Å². The lowest BCUT2D eigenvalue weighted by molar-refractivity contribution is -0.385. The summed E-state index contributed by atoms with van der Waals surface area (Å²) in [6, 6.07) is 4.66. The standard InChI is InChI=1S/C11H13BrClNO2/c1-7(2)10(12)6-8-5-9(13)3-4-11(8)14(15)16/h3-5,7,10H,6H2,1-2H3. The largest absolute Gasteiger partial charge is 0.272 e. The molecule has 0 aliphatic heterocycles. The molecule has 0 fully saturated rings. The van der Waals surface area contributed by atoms with Gasteiger partial charge in [0.1, 0.15) is 0 Å². The van der Waals surface area contributed by atoms with Crippen molar-refractivity contribution in [3.05, 3.63) is 38.9 Å². The zero-order chi connectivity index (χ0) is 12.3. The number of halogens is 2. The average molecular weight is 307 g/mol. The van der Waals surface area contributed by atoms with Gasteiger partial charge in [-0.1, -0.05) is 41.4 Å². The Kier molecular flexibility index (Phi) is 4.74. The Hall–Kier alpha value is -0.610. The highest BCUT2D eigenvalue weighted by Gasteiger charge is 2.18. The van der Waals surface area contributed by atoms with E-state index in [9.17, 15) is 10.1 Å². The molecule has 0 aromatic heterocycles. The predicted octanol–water partition coefficient (Wildman–Crippen LogP) is 4.21. The first-order chi connectivity index (χ1) is 7.41. The molecule has 1 rings (SSSR count). The summed E-state index contributed by atoms with van der Waals surface area (Å²) in [7, 11) is 0. The Bertz CT molecular complexity index is 396. The second-order valence-electron chi connectivity index (χ2n) is 3.99. The molecule has 0 aliphatic rings. The number of nitro benzene ring substituents is 1. The molecule has 0 saturated heterocycles. The molecule has 0 radical (unpaired) electrons. The van der Waals surface area contributed by atoms with Gasteiger partial charge >= 0.3 is 0 Å². The van der Waals surface area contributed by atoms with E-state index < -0.39 is 0 Å². The molecule has 88 valence electrons. The Balaban J connectivity index is 3.01. The SMILES string of the molecule is CC(C)C(Br)Cc1cc(Cl)ccc1[N+](=O)[O-]. The normalized spacial score (nSPS) is 12.8. The van der Waals surface area contributed by atoms with Gasteiger partial charge in [-0.3, -0.25) is 10.1 Å². The summed E-state index contributed by atoms with van der Waals surface area (Å²) >= 11 is 9.37. The maximum absolute atomic E-state index is 10.8. The van der Waals surface area contributed by atoms with Gasteiger partial charge in [0.15, 0.2) is 0 Å². The van der Waals surface area contributed by atoms with Gasteiger partial charge in [0.2, 0.25) is 0 Å². The van der Waals surface area contributed by atoms with Gasteiger partial charge in [0.05, 0.1) is 4.92 Å². The molecule has 16 heavy (non-hydrogen) atoms. The Morgan fingerprint density at radius 2 is 2.12 bits per heavy atom.